The number of furan rings is 1. The Kier molecular flexibility index (Phi) is 4.10. The Labute approximate surface area is 210 Å². The Morgan fingerprint density at radius 3 is 2.11 bits per heavy atom. The summed E-state index contributed by atoms with van der Waals surface area (Å²) in [7, 11) is 0. The Bertz CT molecular complexity index is 1940. The summed E-state index contributed by atoms with van der Waals surface area (Å²) in [6.07, 6.45) is 0. The van der Waals surface area contributed by atoms with Gasteiger partial charge in [0.15, 0.2) is 0 Å². The van der Waals surface area contributed by atoms with Crippen LogP contribution in [0.3, 0.4) is 0 Å². The Hall–Kier alpha value is -3.79. The van der Waals surface area contributed by atoms with Gasteiger partial charge in [-0.25, -0.2) is 0 Å². The zero-order valence-corrected chi connectivity index (χ0v) is 20.3. The lowest BCUT2D eigenvalue weighted by atomic mass is 9.94. The topological polar surface area (TPSA) is 13.1 Å². The Morgan fingerprint density at radius 2 is 1.17 bits per heavy atom. The minimum atomic E-state index is 0.938. The number of para-hydroxylation sites is 2. The van der Waals surface area contributed by atoms with Crippen LogP contribution in [0.4, 0.5) is 0 Å². The van der Waals surface area contributed by atoms with Gasteiger partial charge in [-0.1, -0.05) is 84.6 Å². The summed E-state index contributed by atoms with van der Waals surface area (Å²) in [6.45, 7) is 0. The summed E-state index contributed by atoms with van der Waals surface area (Å²) in [5.41, 5.74) is 7.01. The molecule has 0 radical (unpaired) electrons. The van der Waals surface area contributed by atoms with Gasteiger partial charge < -0.3 is 4.42 Å². The van der Waals surface area contributed by atoms with Crippen LogP contribution < -0.4 is 0 Å². The van der Waals surface area contributed by atoms with E-state index in [1.165, 1.54) is 57.8 Å². The van der Waals surface area contributed by atoms with Crippen molar-refractivity contribution in [3.8, 4) is 32.0 Å². The second-order valence-electron chi connectivity index (χ2n) is 8.88. The molecule has 0 aliphatic carbocycles. The van der Waals surface area contributed by atoms with E-state index in [1.807, 2.05) is 35.2 Å². The first kappa shape index (κ1) is 19.5. The van der Waals surface area contributed by atoms with Crippen LogP contribution in [0, 0.1) is 0 Å². The van der Waals surface area contributed by atoms with Crippen LogP contribution in [0.15, 0.2) is 123 Å². The molecule has 0 saturated heterocycles. The first-order chi connectivity index (χ1) is 17.3. The monoisotopic (exact) mass is 482 g/mol. The number of thiophene rings is 1. The van der Waals surface area contributed by atoms with Gasteiger partial charge in [0.05, 0.1) is 0 Å². The SMILES string of the molecule is c1ccc2c(c1)Sc1ccc(-c3ccc(-c4cccc5c4oc4ccccc45)s3)c3cccc-2c13. The summed E-state index contributed by atoms with van der Waals surface area (Å²) < 4.78 is 6.31. The molecule has 0 fully saturated rings. The fraction of sp³-hybridized carbons (Fsp3) is 0. The van der Waals surface area contributed by atoms with Crippen LogP contribution in [0.25, 0.3) is 64.7 Å². The van der Waals surface area contributed by atoms with Crippen molar-refractivity contribution in [2.24, 2.45) is 0 Å². The van der Waals surface area contributed by atoms with Gasteiger partial charge in [-0.3, -0.25) is 0 Å². The zero-order valence-electron chi connectivity index (χ0n) is 18.6. The second-order valence-corrected chi connectivity index (χ2v) is 11.0. The fourth-order valence-electron chi connectivity index (χ4n) is 5.36. The lowest BCUT2D eigenvalue weighted by Gasteiger charge is -2.21. The second kappa shape index (κ2) is 7.35. The van der Waals surface area contributed by atoms with Crippen molar-refractivity contribution < 1.29 is 4.42 Å². The largest absolute Gasteiger partial charge is 0.455 e. The van der Waals surface area contributed by atoms with Gasteiger partial charge in [-0.2, -0.15) is 0 Å². The molecule has 5 aromatic carbocycles. The highest BCUT2D eigenvalue weighted by Gasteiger charge is 2.21. The summed E-state index contributed by atoms with van der Waals surface area (Å²) in [4.78, 5) is 5.17. The van der Waals surface area contributed by atoms with E-state index in [0.717, 1.165) is 16.7 Å². The molecule has 1 nitrogen and oxygen atoms in total. The average molecular weight is 483 g/mol. The van der Waals surface area contributed by atoms with Gasteiger partial charge in [0, 0.05) is 41.3 Å². The Morgan fingerprint density at radius 1 is 0.457 bits per heavy atom. The van der Waals surface area contributed by atoms with Crippen molar-refractivity contribution in [2.45, 2.75) is 9.79 Å². The molecule has 0 atom stereocenters. The molecule has 0 unspecified atom stereocenters. The summed E-state index contributed by atoms with van der Waals surface area (Å²) >= 11 is 3.71. The van der Waals surface area contributed by atoms with Gasteiger partial charge in [-0.05, 0) is 58.5 Å². The van der Waals surface area contributed by atoms with E-state index in [0.29, 0.717) is 0 Å². The molecule has 1 aliphatic heterocycles. The third-order valence-electron chi connectivity index (χ3n) is 6.94. The van der Waals surface area contributed by atoms with Crippen molar-refractivity contribution >= 4 is 55.8 Å². The lowest BCUT2D eigenvalue weighted by molar-refractivity contribution is 0.670. The maximum Gasteiger partial charge on any atom is 0.144 e. The molecule has 0 saturated carbocycles. The molecule has 2 aromatic heterocycles. The van der Waals surface area contributed by atoms with E-state index in [-0.39, 0.29) is 0 Å². The van der Waals surface area contributed by atoms with E-state index in [1.54, 1.807) is 0 Å². The third-order valence-corrected chi connectivity index (χ3v) is 9.23. The van der Waals surface area contributed by atoms with Crippen LogP contribution in [0.5, 0.6) is 0 Å². The van der Waals surface area contributed by atoms with Crippen molar-refractivity contribution in [3.63, 3.8) is 0 Å². The smallest absolute Gasteiger partial charge is 0.144 e. The van der Waals surface area contributed by atoms with Gasteiger partial charge >= 0.3 is 0 Å². The summed E-state index contributed by atoms with van der Waals surface area (Å²) in [6, 6.07) is 39.3. The van der Waals surface area contributed by atoms with E-state index >= 15 is 0 Å². The van der Waals surface area contributed by atoms with Crippen LogP contribution in [-0.4, -0.2) is 0 Å². The molecular formula is C32H18OS2. The molecule has 35 heavy (non-hydrogen) atoms. The maximum atomic E-state index is 6.31. The Balaban J connectivity index is 1.31. The van der Waals surface area contributed by atoms with Crippen LogP contribution in [0.2, 0.25) is 0 Å². The minimum absolute atomic E-state index is 0.938. The quantitative estimate of drug-likeness (QED) is 0.243. The van der Waals surface area contributed by atoms with E-state index in [4.69, 9.17) is 4.42 Å². The molecule has 164 valence electrons. The van der Waals surface area contributed by atoms with Crippen molar-refractivity contribution in [2.75, 3.05) is 0 Å². The number of hydrogen-bond acceptors (Lipinski definition) is 3. The van der Waals surface area contributed by atoms with E-state index < -0.39 is 0 Å². The first-order valence-electron chi connectivity index (χ1n) is 11.7. The first-order valence-corrected chi connectivity index (χ1v) is 13.3. The molecular weight excluding hydrogens is 464 g/mol. The van der Waals surface area contributed by atoms with Crippen LogP contribution in [-0.2, 0) is 0 Å². The average Bonchev–Trinajstić information content (AvgIpc) is 3.54. The standard InChI is InChI=1S/C32H18OS2/c1-3-13-26-19(7-1)24-11-6-12-25(32(24)33-26)29-18-17-28(34-29)21-15-16-30-31-22(9-5-10-23(21)31)20-8-2-4-14-27(20)35-30/h1-18H. The van der Waals surface area contributed by atoms with Crippen LogP contribution >= 0.6 is 23.1 Å². The van der Waals surface area contributed by atoms with Gasteiger partial charge in [-0.15, -0.1) is 11.3 Å². The molecule has 7 aromatic rings. The zero-order chi connectivity index (χ0) is 22.9. The normalized spacial score (nSPS) is 12.5. The predicted octanol–water partition coefficient (Wildman–Crippen LogP) is 10.3. The molecule has 0 bridgehead atoms. The van der Waals surface area contributed by atoms with Crippen LogP contribution in [0.1, 0.15) is 0 Å². The molecule has 8 rings (SSSR count). The number of benzene rings is 5. The van der Waals surface area contributed by atoms with E-state index in [2.05, 4.69) is 97.1 Å². The highest BCUT2D eigenvalue weighted by Crippen LogP contribution is 2.50. The highest BCUT2D eigenvalue weighted by molar-refractivity contribution is 7.99. The van der Waals surface area contributed by atoms with Gasteiger partial charge in [0.2, 0.25) is 0 Å². The van der Waals surface area contributed by atoms with Crippen molar-refractivity contribution in [3.05, 3.63) is 109 Å². The van der Waals surface area contributed by atoms with Gasteiger partial charge in [0.1, 0.15) is 11.2 Å². The minimum Gasteiger partial charge on any atom is -0.455 e. The van der Waals surface area contributed by atoms with Gasteiger partial charge in [0.25, 0.3) is 0 Å². The molecule has 0 amide bonds. The molecule has 3 heterocycles. The number of rotatable bonds is 2. The number of hydrogen-bond donors (Lipinski definition) is 0. The fourth-order valence-corrected chi connectivity index (χ4v) is 7.56. The molecule has 0 N–H and O–H groups in total. The summed E-state index contributed by atoms with van der Waals surface area (Å²) in [5.74, 6) is 0. The summed E-state index contributed by atoms with van der Waals surface area (Å²) in [5, 5.41) is 5.02. The van der Waals surface area contributed by atoms with E-state index in [9.17, 15) is 0 Å². The molecule has 0 spiro atoms. The third kappa shape index (κ3) is 2.83. The highest BCUT2D eigenvalue weighted by atomic mass is 32.2. The van der Waals surface area contributed by atoms with Crippen molar-refractivity contribution in [1.29, 1.82) is 0 Å². The lowest BCUT2D eigenvalue weighted by Crippen LogP contribution is -1.93. The molecule has 1 aliphatic rings. The number of fused-ring (bicyclic) bond motifs is 5. The van der Waals surface area contributed by atoms with Crippen molar-refractivity contribution in [1.82, 2.24) is 0 Å². The maximum absolute atomic E-state index is 6.31. The molecule has 3 heteroatoms. The predicted molar refractivity (Wildman–Crippen MR) is 150 cm³/mol.